The van der Waals surface area contributed by atoms with Gasteiger partial charge in [-0.3, -0.25) is 0 Å². The van der Waals surface area contributed by atoms with Gasteiger partial charge in [0.2, 0.25) is 0 Å². The average Bonchev–Trinajstić information content (AvgIpc) is 2.90. The summed E-state index contributed by atoms with van der Waals surface area (Å²) in [4.78, 5) is 0. The maximum atomic E-state index is 2.49. The molecule has 0 spiro atoms. The van der Waals surface area contributed by atoms with Crippen LogP contribution in [0.25, 0.3) is 10.8 Å². The number of hydrogen-bond acceptors (Lipinski definition) is 0. The van der Waals surface area contributed by atoms with E-state index in [0.717, 1.165) is 0 Å². The zero-order valence-electron chi connectivity index (χ0n) is 15.8. The first-order valence-electron chi connectivity index (χ1n) is 8.29. The fourth-order valence-corrected chi connectivity index (χ4v) is 3.79. The van der Waals surface area contributed by atoms with Crippen LogP contribution in [0.5, 0.6) is 0 Å². The molecule has 0 saturated heterocycles. The van der Waals surface area contributed by atoms with E-state index >= 15 is 0 Å². The molecule has 1 aliphatic rings. The van der Waals surface area contributed by atoms with Crippen molar-refractivity contribution in [1.29, 1.82) is 0 Å². The van der Waals surface area contributed by atoms with Crippen LogP contribution in [0.1, 0.15) is 63.1 Å². The van der Waals surface area contributed by atoms with E-state index in [4.69, 9.17) is 0 Å². The molecule has 0 unspecified atom stereocenters. The Morgan fingerprint density at radius 3 is 2.30 bits per heavy atom. The zero-order valence-corrected chi connectivity index (χ0v) is 19.4. The van der Waals surface area contributed by atoms with Crippen molar-refractivity contribution in [2.45, 2.75) is 65.7 Å². The van der Waals surface area contributed by atoms with Crippen molar-refractivity contribution in [3.05, 3.63) is 55.8 Å². The maximum absolute atomic E-state index is 2.49. The van der Waals surface area contributed by atoms with Crippen LogP contribution in [-0.4, -0.2) is 0 Å². The van der Waals surface area contributed by atoms with Gasteiger partial charge in [0.25, 0.3) is 0 Å². The van der Waals surface area contributed by atoms with E-state index in [1.165, 1.54) is 55.7 Å². The predicted molar refractivity (Wildman–Crippen MR) is 101 cm³/mol. The minimum absolute atomic E-state index is 0. The van der Waals surface area contributed by atoms with Gasteiger partial charge in [-0.15, -0.1) is 34.5 Å². The van der Waals surface area contributed by atoms with Gasteiger partial charge in [0.15, 0.2) is 0 Å². The molecule has 0 aromatic heterocycles. The van der Waals surface area contributed by atoms with E-state index in [1.807, 2.05) is 0 Å². The van der Waals surface area contributed by atoms with Gasteiger partial charge in [0.05, 0.1) is 0 Å². The molecule has 0 atom stereocenters. The Morgan fingerprint density at radius 1 is 1.00 bits per heavy atom. The summed E-state index contributed by atoms with van der Waals surface area (Å²) in [5, 5.41) is 2.99. The third kappa shape index (κ3) is 5.08. The van der Waals surface area contributed by atoms with Crippen molar-refractivity contribution >= 4 is 10.8 Å². The molecular formula is C22H33Hf-3. The molecule has 3 rings (SSSR count). The zero-order chi connectivity index (χ0) is 14.2. The summed E-state index contributed by atoms with van der Waals surface area (Å²) in [6, 6.07) is 9.64. The molecule has 0 nitrogen and oxygen atoms in total. The molecule has 2 aromatic rings. The summed E-state index contributed by atoms with van der Waals surface area (Å²) in [6.45, 7) is 7.07. The normalized spacial score (nSPS) is 14.6. The monoisotopic (exact) mass is 477 g/mol. The van der Waals surface area contributed by atoms with Crippen molar-refractivity contribution in [1.82, 2.24) is 0 Å². The fourth-order valence-electron chi connectivity index (χ4n) is 3.79. The van der Waals surface area contributed by atoms with Crippen molar-refractivity contribution in [3.8, 4) is 0 Å². The number of hydrogen-bond donors (Lipinski definition) is 0. The Labute approximate surface area is 163 Å². The Hall–Kier alpha value is -0.300. The molecule has 23 heavy (non-hydrogen) atoms. The fraction of sp³-hybridized carbons (Fsp3) is 0.500. The Kier molecular flexibility index (Phi) is 9.13. The molecule has 2 aromatic carbocycles. The van der Waals surface area contributed by atoms with Gasteiger partial charge >= 0.3 is 0 Å². The Balaban J connectivity index is 0.00000161. The summed E-state index contributed by atoms with van der Waals surface area (Å²) in [6.07, 6.45) is 9.17. The molecule has 0 fully saturated rings. The SMILES string of the molecule is CCCCCC[c-]1ccc2cc3c(cc21)CC(C)(C)C3.[CH3-].[CH3-].[Hf]. The minimum Gasteiger partial charge on any atom is -0.358 e. The predicted octanol–water partition coefficient (Wildman–Crippen LogP) is 6.70. The first-order valence-corrected chi connectivity index (χ1v) is 8.29. The second kappa shape index (κ2) is 9.25. The molecule has 0 bridgehead atoms. The van der Waals surface area contributed by atoms with E-state index in [-0.39, 0.29) is 40.7 Å². The van der Waals surface area contributed by atoms with E-state index in [2.05, 4.69) is 45.0 Å². The van der Waals surface area contributed by atoms with Gasteiger partial charge in [-0.2, -0.15) is 6.07 Å². The molecule has 128 valence electrons. The summed E-state index contributed by atoms with van der Waals surface area (Å²) >= 11 is 0. The molecule has 0 saturated carbocycles. The van der Waals surface area contributed by atoms with Crippen LogP contribution in [0.3, 0.4) is 0 Å². The number of benzene rings is 1. The van der Waals surface area contributed by atoms with Gasteiger partial charge in [-0.05, 0) is 18.3 Å². The van der Waals surface area contributed by atoms with Crippen LogP contribution < -0.4 is 0 Å². The second-order valence-corrected chi connectivity index (χ2v) is 7.40. The molecule has 0 N–H and O–H groups in total. The van der Waals surface area contributed by atoms with E-state index in [0.29, 0.717) is 5.41 Å². The smallest absolute Gasteiger partial charge is 0 e. The minimum atomic E-state index is 0. The van der Waals surface area contributed by atoms with Crippen LogP contribution in [0.15, 0.2) is 24.3 Å². The van der Waals surface area contributed by atoms with Crippen LogP contribution in [0, 0.1) is 20.3 Å². The van der Waals surface area contributed by atoms with Gasteiger partial charge < -0.3 is 14.9 Å². The first-order chi connectivity index (χ1) is 9.59. The quantitative estimate of drug-likeness (QED) is 0.256. The molecule has 1 aliphatic carbocycles. The van der Waals surface area contributed by atoms with Gasteiger partial charge in [0.1, 0.15) is 0 Å². The van der Waals surface area contributed by atoms with E-state index < -0.39 is 0 Å². The van der Waals surface area contributed by atoms with Crippen LogP contribution in [-0.2, 0) is 45.1 Å². The van der Waals surface area contributed by atoms with Gasteiger partial charge in [-0.25, -0.2) is 0 Å². The summed E-state index contributed by atoms with van der Waals surface area (Å²) in [7, 11) is 0. The molecule has 0 heterocycles. The second-order valence-electron chi connectivity index (χ2n) is 7.40. The number of unbranched alkanes of at least 4 members (excludes halogenated alkanes) is 3. The number of fused-ring (bicyclic) bond motifs is 2. The first kappa shape index (κ1) is 22.7. The molecule has 1 heteroatoms. The Bertz CT molecular complexity index is 604. The van der Waals surface area contributed by atoms with Crippen LogP contribution in [0.2, 0.25) is 0 Å². The van der Waals surface area contributed by atoms with E-state index in [9.17, 15) is 0 Å². The van der Waals surface area contributed by atoms with Crippen molar-refractivity contribution in [2.24, 2.45) is 5.41 Å². The third-order valence-corrected chi connectivity index (χ3v) is 4.82. The molecule has 0 amide bonds. The number of aryl methyl sites for hydroxylation is 1. The third-order valence-electron chi connectivity index (χ3n) is 4.82. The van der Waals surface area contributed by atoms with Crippen LogP contribution >= 0.6 is 0 Å². The summed E-state index contributed by atoms with van der Waals surface area (Å²) in [5.74, 6) is 0. The average molecular weight is 476 g/mol. The van der Waals surface area contributed by atoms with Crippen LogP contribution in [0.4, 0.5) is 0 Å². The summed E-state index contributed by atoms with van der Waals surface area (Å²) < 4.78 is 0. The van der Waals surface area contributed by atoms with Gasteiger partial charge in [-0.1, -0.05) is 64.0 Å². The standard InChI is InChI=1S/C20H27.2CH3.Hf/c1-4-5-6-7-8-15-9-10-16-11-17-13-20(2,3)14-18(17)12-19(15)16;;;/h9-12H,4-8,13-14H2,1-3H3;2*1H3;/q3*-1;. The van der Waals surface area contributed by atoms with Crippen molar-refractivity contribution in [3.63, 3.8) is 0 Å². The topological polar surface area (TPSA) is 0 Å². The number of rotatable bonds is 5. The summed E-state index contributed by atoms with van der Waals surface area (Å²) in [5.41, 5.74) is 5.22. The largest absolute Gasteiger partial charge is 0.358 e. The Morgan fingerprint density at radius 2 is 1.65 bits per heavy atom. The molecular weight excluding hydrogens is 443 g/mol. The van der Waals surface area contributed by atoms with Crippen molar-refractivity contribution < 1.29 is 25.8 Å². The van der Waals surface area contributed by atoms with Gasteiger partial charge in [0, 0.05) is 25.8 Å². The molecule has 0 aliphatic heterocycles. The van der Waals surface area contributed by atoms with E-state index in [1.54, 1.807) is 16.7 Å². The van der Waals surface area contributed by atoms with Crippen molar-refractivity contribution in [2.75, 3.05) is 0 Å². The maximum Gasteiger partial charge on any atom is 0 e. The molecule has 0 radical (unpaired) electrons.